The highest BCUT2D eigenvalue weighted by Crippen LogP contribution is 2.48. The molecule has 1 aromatic carbocycles. The fourth-order valence-electron chi connectivity index (χ4n) is 2.20. The van der Waals surface area contributed by atoms with Gasteiger partial charge in [-0.2, -0.15) is 0 Å². The Morgan fingerprint density at radius 3 is 2.17 bits per heavy atom. The summed E-state index contributed by atoms with van der Waals surface area (Å²) in [6.45, 7) is 0. The maximum atomic E-state index is 11.8. The van der Waals surface area contributed by atoms with Gasteiger partial charge in [-0.1, -0.05) is 36.4 Å². The zero-order chi connectivity index (χ0) is 17.5. The summed E-state index contributed by atoms with van der Waals surface area (Å²) < 4.78 is 32.7. The molecule has 0 heterocycles. The van der Waals surface area contributed by atoms with E-state index in [-0.39, 0.29) is 5.21 Å². The lowest BCUT2D eigenvalue weighted by Gasteiger charge is -2.30. The van der Waals surface area contributed by atoms with E-state index in [0.717, 1.165) is 12.7 Å². The van der Waals surface area contributed by atoms with Crippen molar-refractivity contribution in [2.75, 3.05) is 28.4 Å². The minimum Gasteiger partial charge on any atom is -0.375 e. The van der Waals surface area contributed by atoms with E-state index in [1.165, 1.54) is 20.3 Å². The van der Waals surface area contributed by atoms with Gasteiger partial charge in [0.1, 0.15) is 26.2 Å². The molecule has 126 valence electrons. The van der Waals surface area contributed by atoms with E-state index in [0.29, 0.717) is 0 Å². The molecule has 0 aliphatic carbocycles. The van der Waals surface area contributed by atoms with Gasteiger partial charge in [0.2, 0.25) is 0 Å². The molecular weight excluding hydrogens is 318 g/mol. The number of hydrogen-bond acceptors (Lipinski definition) is 5. The van der Waals surface area contributed by atoms with E-state index in [9.17, 15) is 9.46 Å². The number of methoxy groups -OCH3 is 3. The van der Waals surface area contributed by atoms with Gasteiger partial charge >= 0.3 is 7.60 Å². The third-order valence-electron chi connectivity index (χ3n) is 3.46. The van der Waals surface area contributed by atoms with Crippen LogP contribution in [0.5, 0.6) is 0 Å². The lowest BCUT2D eigenvalue weighted by Crippen LogP contribution is -2.35. The van der Waals surface area contributed by atoms with E-state index < -0.39 is 25.9 Å². The molecule has 23 heavy (non-hydrogen) atoms. The van der Waals surface area contributed by atoms with Crippen molar-refractivity contribution < 1.29 is 28.2 Å². The summed E-state index contributed by atoms with van der Waals surface area (Å²) in [7, 11) is 7.25. The van der Waals surface area contributed by atoms with Gasteiger partial charge in [-0.05, 0) is 10.8 Å². The van der Waals surface area contributed by atoms with E-state index in [1.807, 2.05) is 30.3 Å². The molecule has 2 radical (unpaired) electrons. The summed E-state index contributed by atoms with van der Waals surface area (Å²) in [5.74, 6) is 0. The second kappa shape index (κ2) is 9.37. The molecule has 0 amide bonds. The molecule has 8 heteroatoms. The summed E-state index contributed by atoms with van der Waals surface area (Å²) >= 11 is 0. The minimum atomic E-state index is -4.03. The van der Waals surface area contributed by atoms with Crippen LogP contribution in [0, 0.1) is 0 Å². The maximum absolute atomic E-state index is 11.8. The Balaban J connectivity index is 3.13. The Morgan fingerprint density at radius 1 is 1.13 bits per heavy atom. The van der Waals surface area contributed by atoms with Crippen molar-refractivity contribution in [3.63, 3.8) is 0 Å². The van der Waals surface area contributed by atoms with Gasteiger partial charge in [0, 0.05) is 28.4 Å². The van der Waals surface area contributed by atoms with Crippen LogP contribution < -0.4 is 0 Å². The van der Waals surface area contributed by atoms with Crippen molar-refractivity contribution in [3.8, 4) is 0 Å². The zero-order valence-electron chi connectivity index (χ0n) is 13.7. The van der Waals surface area contributed by atoms with E-state index in [2.05, 4.69) is 4.52 Å². The van der Waals surface area contributed by atoms with E-state index in [1.54, 1.807) is 7.11 Å². The Morgan fingerprint density at radius 2 is 1.74 bits per heavy atom. The molecule has 1 rings (SSSR count). The van der Waals surface area contributed by atoms with Crippen LogP contribution in [0.3, 0.4) is 0 Å². The van der Waals surface area contributed by atoms with Crippen molar-refractivity contribution >= 4 is 15.4 Å². The predicted octanol–water partition coefficient (Wildman–Crippen LogP) is 2.25. The van der Waals surface area contributed by atoms with Crippen LogP contribution in [0.2, 0.25) is 0 Å². The SMILES string of the molecule is [B]/C(=C\[C@@H](OC)[C@@H](OC)[C@@H](OC)c1ccccc1)P(=O)(O)OC. The number of hydrogen-bond donors (Lipinski definition) is 1. The third-order valence-corrected chi connectivity index (χ3v) is 4.75. The maximum Gasteiger partial charge on any atom is 0.344 e. The van der Waals surface area contributed by atoms with Crippen LogP contribution >= 0.6 is 7.60 Å². The molecule has 0 aromatic heterocycles. The summed E-state index contributed by atoms with van der Waals surface area (Å²) in [6.07, 6.45) is -0.424. The second-order valence-corrected chi connectivity index (χ2v) is 6.68. The van der Waals surface area contributed by atoms with Gasteiger partial charge in [-0.15, -0.1) is 0 Å². The first-order valence-electron chi connectivity index (χ1n) is 6.91. The van der Waals surface area contributed by atoms with Crippen LogP contribution in [-0.2, 0) is 23.3 Å². The number of benzene rings is 1. The average molecular weight is 340 g/mol. The average Bonchev–Trinajstić information content (AvgIpc) is 2.58. The molecule has 0 saturated heterocycles. The highest BCUT2D eigenvalue weighted by molar-refractivity contribution is 7.59. The summed E-state index contributed by atoms with van der Waals surface area (Å²) in [5.41, 5.74) is 0.884. The Hall–Kier alpha value is -0.945. The fraction of sp³-hybridized carbons (Fsp3) is 0.467. The van der Waals surface area contributed by atoms with Crippen molar-refractivity contribution in [2.45, 2.75) is 18.3 Å². The van der Waals surface area contributed by atoms with Crippen molar-refractivity contribution in [1.82, 2.24) is 0 Å². The fourth-order valence-corrected chi connectivity index (χ4v) is 2.74. The summed E-state index contributed by atoms with van der Waals surface area (Å²) in [6, 6.07) is 9.45. The minimum absolute atomic E-state index is 0.309. The molecule has 0 bridgehead atoms. The van der Waals surface area contributed by atoms with Gasteiger partial charge in [0.15, 0.2) is 0 Å². The molecule has 0 aliphatic rings. The molecule has 0 aliphatic heterocycles. The quantitative estimate of drug-likeness (QED) is 0.549. The zero-order valence-corrected chi connectivity index (χ0v) is 14.6. The molecule has 1 N–H and O–H groups in total. The molecule has 0 saturated carbocycles. The molecule has 0 fully saturated rings. The molecule has 6 nitrogen and oxygen atoms in total. The number of rotatable bonds is 9. The van der Waals surface area contributed by atoms with Crippen LogP contribution in [-0.4, -0.2) is 53.4 Å². The smallest absolute Gasteiger partial charge is 0.344 e. The van der Waals surface area contributed by atoms with Crippen LogP contribution in [0.1, 0.15) is 11.7 Å². The van der Waals surface area contributed by atoms with Crippen molar-refractivity contribution in [1.29, 1.82) is 0 Å². The van der Waals surface area contributed by atoms with Gasteiger partial charge in [-0.3, -0.25) is 4.57 Å². The van der Waals surface area contributed by atoms with Crippen LogP contribution in [0.15, 0.2) is 41.6 Å². The highest BCUT2D eigenvalue weighted by atomic mass is 31.2. The van der Waals surface area contributed by atoms with E-state index >= 15 is 0 Å². The lowest BCUT2D eigenvalue weighted by atomic mass is 9.97. The third kappa shape index (κ3) is 5.28. The predicted molar refractivity (Wildman–Crippen MR) is 88.5 cm³/mol. The summed E-state index contributed by atoms with van der Waals surface area (Å²) in [5, 5.41) is -0.309. The Kier molecular flexibility index (Phi) is 8.19. The van der Waals surface area contributed by atoms with Crippen LogP contribution in [0.25, 0.3) is 0 Å². The Bertz CT molecular complexity index is 550. The standard InChI is InChI=1S/C15H22BO6P/c1-19-12(10-13(16)23(17,18)22-4)15(21-3)14(20-2)11-8-6-5-7-9-11/h5-10,12,14-15H,1-4H3,(H,17,18)/b13-10+/t12-,14+,15-/m1/s1. The molecule has 0 spiro atoms. The molecule has 4 atom stereocenters. The van der Waals surface area contributed by atoms with Gasteiger partial charge < -0.3 is 23.6 Å². The molecule has 1 aromatic rings. The van der Waals surface area contributed by atoms with Crippen molar-refractivity contribution in [3.05, 3.63) is 47.2 Å². The highest BCUT2D eigenvalue weighted by Gasteiger charge is 2.31. The largest absolute Gasteiger partial charge is 0.375 e. The monoisotopic (exact) mass is 340 g/mol. The van der Waals surface area contributed by atoms with Crippen LogP contribution in [0.4, 0.5) is 0 Å². The first kappa shape index (κ1) is 20.1. The molecular formula is C15H22BO6P. The first-order chi connectivity index (χ1) is 10.9. The van der Waals surface area contributed by atoms with Gasteiger partial charge in [0.05, 0.1) is 0 Å². The topological polar surface area (TPSA) is 74.2 Å². The van der Waals surface area contributed by atoms with Gasteiger partial charge in [-0.25, -0.2) is 0 Å². The normalized spacial score (nSPS) is 18.9. The number of ether oxygens (including phenoxy) is 3. The van der Waals surface area contributed by atoms with Gasteiger partial charge in [0.25, 0.3) is 0 Å². The summed E-state index contributed by atoms with van der Waals surface area (Å²) in [4.78, 5) is 9.62. The molecule has 1 unspecified atom stereocenters. The Labute approximate surface area is 138 Å². The lowest BCUT2D eigenvalue weighted by molar-refractivity contribution is -0.0935. The van der Waals surface area contributed by atoms with Crippen molar-refractivity contribution in [2.24, 2.45) is 0 Å². The first-order valence-corrected chi connectivity index (χ1v) is 8.48. The van der Waals surface area contributed by atoms with E-state index in [4.69, 9.17) is 22.1 Å². The second-order valence-electron chi connectivity index (χ2n) is 4.76.